The van der Waals surface area contributed by atoms with Crippen LogP contribution in [0.3, 0.4) is 0 Å². The van der Waals surface area contributed by atoms with Crippen molar-refractivity contribution in [2.75, 3.05) is 0 Å². The molecule has 2 aromatic heterocycles. The molecule has 16 heavy (non-hydrogen) atoms. The molecule has 1 saturated carbocycles. The van der Waals surface area contributed by atoms with Crippen LogP contribution in [0.1, 0.15) is 12.8 Å². The molecule has 4 nitrogen and oxygen atoms in total. The van der Waals surface area contributed by atoms with Crippen molar-refractivity contribution in [1.29, 1.82) is 0 Å². The van der Waals surface area contributed by atoms with E-state index in [0.29, 0.717) is 11.6 Å². The Kier molecular flexibility index (Phi) is 2.17. The Balaban J connectivity index is 2.24. The average molecular weight is 236 g/mol. The molecule has 0 aliphatic heterocycles. The minimum Gasteiger partial charge on any atom is -0.292 e. The molecule has 3 rings (SSSR count). The first kappa shape index (κ1) is 9.78. The molecule has 0 spiro atoms. The van der Waals surface area contributed by atoms with Crippen molar-refractivity contribution in [3.05, 3.63) is 34.0 Å². The molecule has 0 radical (unpaired) electrons. The van der Waals surface area contributed by atoms with Crippen molar-refractivity contribution in [3.63, 3.8) is 0 Å². The van der Waals surface area contributed by atoms with E-state index >= 15 is 0 Å². The second-order valence-corrected chi connectivity index (χ2v) is 4.48. The summed E-state index contributed by atoms with van der Waals surface area (Å²) >= 11 is 5.76. The van der Waals surface area contributed by atoms with Crippen LogP contribution in [-0.2, 0) is 6.54 Å². The molecule has 1 aliphatic rings. The molecule has 2 heterocycles. The fraction of sp³-hybridized carbons (Fsp3) is 0.364. The Morgan fingerprint density at radius 1 is 1.44 bits per heavy atom. The summed E-state index contributed by atoms with van der Waals surface area (Å²) in [7, 11) is 0. The van der Waals surface area contributed by atoms with Gasteiger partial charge in [-0.25, -0.2) is 4.98 Å². The second kappa shape index (κ2) is 3.56. The Bertz CT molecular complexity index is 604. The summed E-state index contributed by atoms with van der Waals surface area (Å²) in [6, 6.07) is 3.29. The predicted octanol–water partition coefficient (Wildman–Crippen LogP) is 1.85. The smallest absolute Gasteiger partial charge is 0.252 e. The van der Waals surface area contributed by atoms with E-state index in [2.05, 4.69) is 9.97 Å². The number of rotatable bonds is 2. The molecule has 1 fully saturated rings. The van der Waals surface area contributed by atoms with E-state index in [-0.39, 0.29) is 10.8 Å². The highest BCUT2D eigenvalue weighted by Crippen LogP contribution is 2.30. The van der Waals surface area contributed by atoms with Crippen molar-refractivity contribution in [2.24, 2.45) is 5.92 Å². The van der Waals surface area contributed by atoms with Crippen LogP contribution in [-0.4, -0.2) is 14.5 Å². The van der Waals surface area contributed by atoms with Gasteiger partial charge in [-0.1, -0.05) is 0 Å². The van der Waals surface area contributed by atoms with Crippen LogP contribution in [0.25, 0.3) is 11.0 Å². The Labute approximate surface area is 96.9 Å². The van der Waals surface area contributed by atoms with Crippen molar-refractivity contribution in [2.45, 2.75) is 19.4 Å². The van der Waals surface area contributed by atoms with E-state index < -0.39 is 0 Å². The van der Waals surface area contributed by atoms with Crippen LogP contribution in [0.2, 0.25) is 5.28 Å². The van der Waals surface area contributed by atoms with Gasteiger partial charge in [0.15, 0.2) is 0 Å². The lowest BCUT2D eigenvalue weighted by Crippen LogP contribution is -2.21. The molecule has 1 aliphatic carbocycles. The monoisotopic (exact) mass is 235 g/mol. The van der Waals surface area contributed by atoms with E-state index in [1.54, 1.807) is 22.9 Å². The van der Waals surface area contributed by atoms with Gasteiger partial charge in [0.05, 0.1) is 0 Å². The molecule has 82 valence electrons. The molecular formula is C11H10ClN3O. The molecule has 2 aromatic rings. The largest absolute Gasteiger partial charge is 0.292 e. The Morgan fingerprint density at radius 2 is 2.25 bits per heavy atom. The molecule has 5 heteroatoms. The summed E-state index contributed by atoms with van der Waals surface area (Å²) in [4.78, 5) is 19.8. The van der Waals surface area contributed by atoms with E-state index in [4.69, 9.17) is 11.6 Å². The molecule has 0 bridgehead atoms. The van der Waals surface area contributed by atoms with Crippen LogP contribution in [0.4, 0.5) is 0 Å². The van der Waals surface area contributed by atoms with Crippen molar-refractivity contribution in [1.82, 2.24) is 14.5 Å². The maximum absolute atomic E-state index is 11.8. The minimum absolute atomic E-state index is 0.0193. The highest BCUT2D eigenvalue weighted by Gasteiger charge is 2.23. The molecular weight excluding hydrogens is 226 g/mol. The van der Waals surface area contributed by atoms with Crippen molar-refractivity contribution < 1.29 is 0 Å². The minimum atomic E-state index is -0.0193. The van der Waals surface area contributed by atoms with Gasteiger partial charge in [-0.3, -0.25) is 9.36 Å². The molecule has 0 atom stereocenters. The van der Waals surface area contributed by atoms with Crippen LogP contribution in [0, 0.1) is 5.92 Å². The van der Waals surface area contributed by atoms with Gasteiger partial charge in [-0.2, -0.15) is 4.98 Å². The number of aromatic nitrogens is 3. The number of pyridine rings is 1. The van der Waals surface area contributed by atoms with Gasteiger partial charge in [0.1, 0.15) is 5.65 Å². The highest BCUT2D eigenvalue weighted by molar-refractivity contribution is 6.28. The fourth-order valence-electron chi connectivity index (χ4n) is 1.79. The number of hydrogen-bond acceptors (Lipinski definition) is 3. The SMILES string of the molecule is O=c1ccc2cnc(Cl)nc2n1CC1CC1. The molecule has 0 amide bonds. The first-order valence-electron chi connectivity index (χ1n) is 5.26. The van der Waals surface area contributed by atoms with Gasteiger partial charge in [0.2, 0.25) is 5.28 Å². The van der Waals surface area contributed by atoms with Gasteiger partial charge in [-0.05, 0) is 36.4 Å². The topological polar surface area (TPSA) is 47.8 Å². The van der Waals surface area contributed by atoms with Gasteiger partial charge >= 0.3 is 0 Å². The summed E-state index contributed by atoms with van der Waals surface area (Å²) in [5.74, 6) is 0.622. The zero-order valence-electron chi connectivity index (χ0n) is 8.56. The number of halogens is 1. The van der Waals surface area contributed by atoms with Gasteiger partial charge in [0, 0.05) is 24.2 Å². The summed E-state index contributed by atoms with van der Waals surface area (Å²) in [6.07, 6.45) is 4.04. The zero-order chi connectivity index (χ0) is 11.1. The first-order chi connectivity index (χ1) is 7.74. The summed E-state index contributed by atoms with van der Waals surface area (Å²) < 4.78 is 1.69. The second-order valence-electron chi connectivity index (χ2n) is 4.14. The quantitative estimate of drug-likeness (QED) is 0.747. The lowest BCUT2D eigenvalue weighted by atomic mass is 10.3. The van der Waals surface area contributed by atoms with Crippen LogP contribution >= 0.6 is 11.6 Å². The fourth-order valence-corrected chi connectivity index (χ4v) is 1.91. The lowest BCUT2D eigenvalue weighted by Gasteiger charge is -2.07. The van der Waals surface area contributed by atoms with Crippen molar-refractivity contribution >= 4 is 22.6 Å². The Morgan fingerprint density at radius 3 is 3.00 bits per heavy atom. The number of nitrogens with zero attached hydrogens (tertiary/aromatic N) is 3. The number of hydrogen-bond donors (Lipinski definition) is 0. The van der Waals surface area contributed by atoms with E-state index in [1.165, 1.54) is 12.8 Å². The third-order valence-electron chi connectivity index (χ3n) is 2.83. The molecule has 0 aromatic carbocycles. The zero-order valence-corrected chi connectivity index (χ0v) is 9.31. The summed E-state index contributed by atoms with van der Waals surface area (Å²) in [5, 5.41) is 1.03. The normalized spacial score (nSPS) is 15.6. The maximum Gasteiger partial charge on any atom is 0.252 e. The van der Waals surface area contributed by atoms with Gasteiger partial charge < -0.3 is 0 Å². The third kappa shape index (κ3) is 1.69. The van der Waals surface area contributed by atoms with Crippen LogP contribution in [0.15, 0.2) is 23.1 Å². The number of fused-ring (bicyclic) bond motifs is 1. The maximum atomic E-state index is 11.8. The average Bonchev–Trinajstić information content (AvgIpc) is 3.06. The first-order valence-corrected chi connectivity index (χ1v) is 5.64. The Hall–Kier alpha value is -1.42. The van der Waals surface area contributed by atoms with E-state index in [9.17, 15) is 4.79 Å². The van der Waals surface area contributed by atoms with E-state index in [0.717, 1.165) is 11.9 Å². The van der Waals surface area contributed by atoms with Crippen LogP contribution < -0.4 is 5.56 Å². The molecule has 0 unspecified atom stereocenters. The van der Waals surface area contributed by atoms with Gasteiger partial charge in [-0.15, -0.1) is 0 Å². The summed E-state index contributed by atoms with van der Waals surface area (Å²) in [5.41, 5.74) is 0.619. The highest BCUT2D eigenvalue weighted by atomic mass is 35.5. The predicted molar refractivity (Wildman–Crippen MR) is 61.5 cm³/mol. The summed E-state index contributed by atoms with van der Waals surface area (Å²) in [6.45, 7) is 0.740. The third-order valence-corrected chi connectivity index (χ3v) is 3.01. The van der Waals surface area contributed by atoms with Crippen molar-refractivity contribution in [3.8, 4) is 0 Å². The van der Waals surface area contributed by atoms with Crippen LogP contribution in [0.5, 0.6) is 0 Å². The van der Waals surface area contributed by atoms with Gasteiger partial charge in [0.25, 0.3) is 5.56 Å². The lowest BCUT2D eigenvalue weighted by molar-refractivity contribution is 0.621. The molecule has 0 N–H and O–H groups in total. The molecule has 0 saturated heterocycles. The van der Waals surface area contributed by atoms with E-state index in [1.807, 2.05) is 0 Å². The standard InChI is InChI=1S/C11H10ClN3O/c12-11-13-5-8-3-4-9(16)15(10(8)14-11)6-7-1-2-7/h3-5,7H,1-2,6H2.